The van der Waals surface area contributed by atoms with Crippen LogP contribution in [0.5, 0.6) is 0 Å². The zero-order chi connectivity index (χ0) is 12.0. The third-order valence-corrected chi connectivity index (χ3v) is 3.52. The van der Waals surface area contributed by atoms with Gasteiger partial charge in [-0.2, -0.15) is 0 Å². The number of esters is 1. The smallest absolute Gasteiger partial charge is 0.307 e. The Labute approximate surface area is 98.3 Å². The quantitative estimate of drug-likeness (QED) is 0.713. The molecule has 4 heteroatoms. The molecule has 0 spiro atoms. The van der Waals surface area contributed by atoms with E-state index in [-0.39, 0.29) is 11.5 Å². The van der Waals surface area contributed by atoms with Gasteiger partial charge in [0.25, 0.3) is 0 Å². The van der Waals surface area contributed by atoms with Gasteiger partial charge in [-0.3, -0.25) is 4.79 Å². The maximum absolute atomic E-state index is 11.4. The lowest BCUT2D eigenvalue weighted by Crippen LogP contribution is -2.54. The van der Waals surface area contributed by atoms with Crippen LogP contribution in [0.2, 0.25) is 0 Å². The Morgan fingerprint density at radius 1 is 1.38 bits per heavy atom. The van der Waals surface area contributed by atoms with Crippen molar-refractivity contribution in [3.05, 3.63) is 0 Å². The third-order valence-electron chi connectivity index (χ3n) is 3.52. The lowest BCUT2D eigenvalue weighted by Gasteiger charge is -2.41. The van der Waals surface area contributed by atoms with E-state index in [1.54, 1.807) is 0 Å². The highest BCUT2D eigenvalue weighted by molar-refractivity contribution is 5.70. The van der Waals surface area contributed by atoms with Crippen molar-refractivity contribution in [2.24, 2.45) is 0 Å². The summed E-state index contributed by atoms with van der Waals surface area (Å²) in [5, 5.41) is 3.48. The fourth-order valence-electron chi connectivity index (χ4n) is 2.44. The lowest BCUT2D eigenvalue weighted by atomic mass is 9.84. The molecule has 16 heavy (non-hydrogen) atoms. The van der Waals surface area contributed by atoms with Gasteiger partial charge < -0.3 is 15.0 Å². The molecule has 0 unspecified atom stereocenters. The Morgan fingerprint density at radius 3 is 2.44 bits per heavy atom. The Hall–Kier alpha value is -0.610. The molecule has 1 N–H and O–H groups in total. The Balaban J connectivity index is 2.56. The summed E-state index contributed by atoms with van der Waals surface area (Å²) in [5.74, 6) is -0.106. The molecule has 0 radical (unpaired) electrons. The number of nitrogens with one attached hydrogen (secondary N) is 1. The van der Waals surface area contributed by atoms with Gasteiger partial charge in [-0.1, -0.05) is 13.8 Å². The van der Waals surface area contributed by atoms with E-state index in [4.69, 9.17) is 4.74 Å². The average Bonchev–Trinajstić information content (AvgIpc) is 2.30. The van der Waals surface area contributed by atoms with Gasteiger partial charge in [-0.25, -0.2) is 0 Å². The lowest BCUT2D eigenvalue weighted by molar-refractivity contribution is -0.143. The van der Waals surface area contributed by atoms with Crippen molar-refractivity contribution in [1.82, 2.24) is 10.2 Å². The molecule has 0 aliphatic carbocycles. The van der Waals surface area contributed by atoms with Crippen molar-refractivity contribution in [2.45, 2.75) is 38.6 Å². The molecular weight excluding hydrogens is 204 g/mol. The van der Waals surface area contributed by atoms with Gasteiger partial charge in [0.05, 0.1) is 13.5 Å². The zero-order valence-electron chi connectivity index (χ0n) is 10.7. The standard InChI is InChI=1S/C12H24N2O2/c1-4-13-12(10-11(15)16-3)6-8-14(5-2)9-7-12/h13H,4-10H2,1-3H3. The number of hydrogen-bond acceptors (Lipinski definition) is 4. The molecule has 0 aromatic heterocycles. The van der Waals surface area contributed by atoms with E-state index in [0.29, 0.717) is 6.42 Å². The summed E-state index contributed by atoms with van der Waals surface area (Å²) in [6.07, 6.45) is 2.56. The second-order valence-corrected chi connectivity index (χ2v) is 4.50. The van der Waals surface area contributed by atoms with Crippen LogP contribution >= 0.6 is 0 Å². The van der Waals surface area contributed by atoms with Crippen LogP contribution in [0, 0.1) is 0 Å². The topological polar surface area (TPSA) is 41.6 Å². The van der Waals surface area contributed by atoms with Gasteiger partial charge in [0.2, 0.25) is 0 Å². The largest absolute Gasteiger partial charge is 0.469 e. The van der Waals surface area contributed by atoms with Crippen LogP contribution in [0.4, 0.5) is 0 Å². The number of ether oxygens (including phenoxy) is 1. The first-order valence-corrected chi connectivity index (χ1v) is 6.20. The van der Waals surface area contributed by atoms with Crippen molar-refractivity contribution in [1.29, 1.82) is 0 Å². The van der Waals surface area contributed by atoms with Crippen molar-refractivity contribution in [3.8, 4) is 0 Å². The molecule has 0 atom stereocenters. The number of piperidine rings is 1. The van der Waals surface area contributed by atoms with Gasteiger partial charge in [-0.05, 0) is 39.0 Å². The van der Waals surface area contributed by atoms with E-state index >= 15 is 0 Å². The third kappa shape index (κ3) is 3.46. The minimum atomic E-state index is -0.106. The fraction of sp³-hybridized carbons (Fsp3) is 0.917. The number of methoxy groups -OCH3 is 1. The molecule has 4 nitrogen and oxygen atoms in total. The Morgan fingerprint density at radius 2 is 2.00 bits per heavy atom. The highest BCUT2D eigenvalue weighted by Gasteiger charge is 2.35. The summed E-state index contributed by atoms with van der Waals surface area (Å²) in [7, 11) is 1.46. The monoisotopic (exact) mass is 228 g/mol. The molecule has 0 amide bonds. The van der Waals surface area contributed by atoms with Crippen LogP contribution in [0.3, 0.4) is 0 Å². The van der Waals surface area contributed by atoms with Gasteiger partial charge in [0.15, 0.2) is 0 Å². The van der Waals surface area contributed by atoms with E-state index < -0.39 is 0 Å². The first kappa shape index (κ1) is 13.5. The number of likely N-dealkylation sites (tertiary alicyclic amines) is 1. The molecular formula is C12H24N2O2. The number of rotatable bonds is 5. The molecule has 1 saturated heterocycles. The van der Waals surface area contributed by atoms with Gasteiger partial charge in [-0.15, -0.1) is 0 Å². The predicted molar refractivity (Wildman–Crippen MR) is 64.4 cm³/mol. The Kier molecular flexibility index (Phi) is 5.22. The first-order valence-electron chi connectivity index (χ1n) is 6.20. The summed E-state index contributed by atoms with van der Waals surface area (Å²) in [6, 6.07) is 0. The summed E-state index contributed by atoms with van der Waals surface area (Å²) in [5.41, 5.74) is -0.0342. The van der Waals surface area contributed by atoms with E-state index in [1.807, 2.05) is 0 Å². The minimum Gasteiger partial charge on any atom is -0.469 e. The highest BCUT2D eigenvalue weighted by atomic mass is 16.5. The molecule has 1 aliphatic heterocycles. The Bertz CT molecular complexity index is 223. The summed E-state index contributed by atoms with van der Waals surface area (Å²) in [6.45, 7) is 8.41. The van der Waals surface area contributed by atoms with Crippen molar-refractivity contribution >= 4 is 5.97 Å². The second kappa shape index (κ2) is 6.21. The van der Waals surface area contributed by atoms with Gasteiger partial charge >= 0.3 is 5.97 Å². The van der Waals surface area contributed by atoms with Crippen LogP contribution in [0.25, 0.3) is 0 Å². The number of carbonyl (C=O) groups excluding carboxylic acids is 1. The van der Waals surface area contributed by atoms with Crippen molar-refractivity contribution < 1.29 is 9.53 Å². The molecule has 1 heterocycles. The molecule has 0 saturated carbocycles. The van der Waals surface area contributed by atoms with Crippen LogP contribution in [0.15, 0.2) is 0 Å². The molecule has 1 aliphatic rings. The van der Waals surface area contributed by atoms with Crippen molar-refractivity contribution in [3.63, 3.8) is 0 Å². The van der Waals surface area contributed by atoms with Gasteiger partial charge in [0.1, 0.15) is 0 Å². The van der Waals surface area contributed by atoms with E-state index in [1.165, 1.54) is 7.11 Å². The van der Waals surface area contributed by atoms with E-state index in [2.05, 4.69) is 24.1 Å². The fourth-order valence-corrected chi connectivity index (χ4v) is 2.44. The molecule has 94 valence electrons. The number of hydrogen-bond donors (Lipinski definition) is 1. The van der Waals surface area contributed by atoms with Gasteiger partial charge in [0, 0.05) is 5.54 Å². The summed E-state index contributed by atoms with van der Waals surface area (Å²) >= 11 is 0. The van der Waals surface area contributed by atoms with Crippen LogP contribution in [0.1, 0.15) is 33.1 Å². The molecule has 0 bridgehead atoms. The maximum Gasteiger partial charge on any atom is 0.307 e. The average molecular weight is 228 g/mol. The van der Waals surface area contributed by atoms with Crippen LogP contribution in [-0.2, 0) is 9.53 Å². The molecule has 0 aromatic carbocycles. The maximum atomic E-state index is 11.4. The number of carbonyl (C=O) groups is 1. The van der Waals surface area contributed by atoms with Crippen LogP contribution < -0.4 is 5.32 Å². The van der Waals surface area contributed by atoms with E-state index in [0.717, 1.165) is 39.0 Å². The molecule has 0 aromatic rings. The van der Waals surface area contributed by atoms with Crippen molar-refractivity contribution in [2.75, 3.05) is 33.3 Å². The zero-order valence-corrected chi connectivity index (χ0v) is 10.7. The summed E-state index contributed by atoms with van der Waals surface area (Å²) in [4.78, 5) is 13.9. The summed E-state index contributed by atoms with van der Waals surface area (Å²) < 4.78 is 4.78. The second-order valence-electron chi connectivity index (χ2n) is 4.50. The number of nitrogens with zero attached hydrogens (tertiary/aromatic N) is 1. The molecule has 1 fully saturated rings. The SMILES string of the molecule is CCNC1(CC(=O)OC)CCN(CC)CC1. The highest BCUT2D eigenvalue weighted by Crippen LogP contribution is 2.26. The molecule has 1 rings (SSSR count). The normalized spacial score (nSPS) is 20.7. The van der Waals surface area contributed by atoms with E-state index in [9.17, 15) is 4.79 Å². The first-order chi connectivity index (χ1) is 7.65. The minimum absolute atomic E-state index is 0.0342. The predicted octanol–water partition coefficient (Wildman–Crippen LogP) is 1.01. The van der Waals surface area contributed by atoms with Crippen LogP contribution in [-0.4, -0.2) is 49.7 Å².